The number of nitrogens with zero attached hydrogens (tertiary/aromatic N) is 2. The number of carbonyl (C=O) groups excluding carboxylic acids is 2. The lowest BCUT2D eigenvalue weighted by Gasteiger charge is -2.11. The average Bonchev–Trinajstić information content (AvgIpc) is 2.91. The Morgan fingerprint density at radius 3 is 2.73 bits per heavy atom. The summed E-state index contributed by atoms with van der Waals surface area (Å²) in [7, 11) is 0. The first-order chi connectivity index (χ1) is 12.4. The number of aromatic nitrogens is 2. The number of hydrogen-bond acceptors (Lipinski definition) is 5. The second-order valence-electron chi connectivity index (χ2n) is 5.63. The minimum absolute atomic E-state index is 0.252. The summed E-state index contributed by atoms with van der Waals surface area (Å²) in [6, 6.07) is 4.92. The van der Waals surface area contributed by atoms with Crippen LogP contribution in [0.25, 0.3) is 11.0 Å². The molecule has 0 aliphatic carbocycles. The predicted molar refractivity (Wildman–Crippen MR) is 102 cm³/mol. The maximum absolute atomic E-state index is 12.6. The minimum atomic E-state index is -0.547. The number of fused-ring (bicyclic) bond motifs is 1. The Morgan fingerprint density at radius 2 is 2.15 bits per heavy atom. The van der Waals surface area contributed by atoms with Crippen molar-refractivity contribution in [1.82, 2.24) is 14.9 Å². The highest BCUT2D eigenvalue weighted by atomic mass is 16.2. The number of carbonyl (C=O) groups is 2. The summed E-state index contributed by atoms with van der Waals surface area (Å²) < 4.78 is 1.77. The number of nitrogens with two attached hydrogens (primary N) is 1. The fraction of sp³-hybridized carbons (Fsp3) is 0.222. The van der Waals surface area contributed by atoms with Gasteiger partial charge in [0.1, 0.15) is 5.70 Å². The number of primary amides is 1. The van der Waals surface area contributed by atoms with Gasteiger partial charge in [0.2, 0.25) is 11.9 Å². The van der Waals surface area contributed by atoms with Gasteiger partial charge >= 0.3 is 0 Å². The van der Waals surface area contributed by atoms with Crippen LogP contribution in [0.4, 0.5) is 5.95 Å². The van der Waals surface area contributed by atoms with Crippen LogP contribution < -0.4 is 16.4 Å². The maximum atomic E-state index is 12.6. The first-order valence-electron chi connectivity index (χ1n) is 8.10. The van der Waals surface area contributed by atoms with E-state index in [1.54, 1.807) is 35.8 Å². The SMILES string of the molecule is C=CCn1c(NC(=O)/C(=C/C(C)=N)NCC)nc2cc(C(N)=O)ccc21. The van der Waals surface area contributed by atoms with Crippen molar-refractivity contribution in [1.29, 1.82) is 5.41 Å². The van der Waals surface area contributed by atoms with E-state index in [1.165, 1.54) is 6.08 Å². The smallest absolute Gasteiger partial charge is 0.274 e. The number of imidazole rings is 1. The molecule has 0 aliphatic heterocycles. The maximum Gasteiger partial charge on any atom is 0.274 e. The summed E-state index contributed by atoms with van der Waals surface area (Å²) in [5.74, 6) is -0.637. The van der Waals surface area contributed by atoms with Crippen LogP contribution in [0.3, 0.4) is 0 Å². The second-order valence-corrected chi connectivity index (χ2v) is 5.63. The summed E-state index contributed by atoms with van der Waals surface area (Å²) in [6.07, 6.45) is 3.13. The Bertz CT molecular complexity index is 910. The molecule has 2 aromatic rings. The Labute approximate surface area is 151 Å². The van der Waals surface area contributed by atoms with Crippen LogP contribution in [-0.4, -0.2) is 33.6 Å². The van der Waals surface area contributed by atoms with E-state index in [1.807, 2.05) is 6.92 Å². The number of nitrogens with one attached hydrogen (secondary N) is 3. The monoisotopic (exact) mass is 354 g/mol. The Balaban J connectivity index is 2.45. The van der Waals surface area contributed by atoms with E-state index in [-0.39, 0.29) is 11.4 Å². The van der Waals surface area contributed by atoms with Gasteiger partial charge in [0.05, 0.1) is 11.0 Å². The van der Waals surface area contributed by atoms with Gasteiger partial charge < -0.3 is 21.0 Å². The van der Waals surface area contributed by atoms with Gasteiger partial charge in [0, 0.05) is 24.4 Å². The molecule has 8 heteroatoms. The summed E-state index contributed by atoms with van der Waals surface area (Å²) in [5, 5.41) is 13.2. The molecule has 26 heavy (non-hydrogen) atoms. The van der Waals surface area contributed by atoms with E-state index in [9.17, 15) is 9.59 Å². The number of likely N-dealkylation sites (N-methyl/N-ethyl adjacent to an activating group) is 1. The van der Waals surface area contributed by atoms with Crippen LogP contribution in [0.1, 0.15) is 24.2 Å². The lowest BCUT2D eigenvalue weighted by atomic mass is 10.2. The zero-order valence-corrected chi connectivity index (χ0v) is 14.8. The molecular weight excluding hydrogens is 332 g/mol. The van der Waals surface area contributed by atoms with E-state index in [0.717, 1.165) is 5.52 Å². The molecule has 2 amide bonds. The molecule has 0 aliphatic rings. The largest absolute Gasteiger partial charge is 0.381 e. The van der Waals surface area contributed by atoms with Crippen molar-refractivity contribution < 1.29 is 9.59 Å². The number of allylic oxidation sites excluding steroid dienone is 2. The van der Waals surface area contributed by atoms with E-state index >= 15 is 0 Å². The number of hydrogen-bond donors (Lipinski definition) is 4. The van der Waals surface area contributed by atoms with Gasteiger partial charge in [-0.1, -0.05) is 6.08 Å². The third-order valence-electron chi connectivity index (χ3n) is 3.54. The summed E-state index contributed by atoms with van der Waals surface area (Å²) >= 11 is 0. The van der Waals surface area contributed by atoms with Crippen LogP contribution in [0.15, 0.2) is 42.6 Å². The van der Waals surface area contributed by atoms with Crippen molar-refractivity contribution in [3.63, 3.8) is 0 Å². The number of rotatable bonds is 8. The minimum Gasteiger partial charge on any atom is -0.381 e. The van der Waals surface area contributed by atoms with E-state index in [0.29, 0.717) is 30.1 Å². The lowest BCUT2D eigenvalue weighted by Crippen LogP contribution is -2.27. The Morgan fingerprint density at radius 1 is 1.42 bits per heavy atom. The molecule has 1 aromatic carbocycles. The molecule has 0 bridgehead atoms. The van der Waals surface area contributed by atoms with E-state index in [4.69, 9.17) is 11.1 Å². The molecule has 2 rings (SSSR count). The van der Waals surface area contributed by atoms with Crippen molar-refractivity contribution in [2.24, 2.45) is 5.73 Å². The normalized spacial score (nSPS) is 11.2. The van der Waals surface area contributed by atoms with E-state index in [2.05, 4.69) is 22.2 Å². The summed E-state index contributed by atoms with van der Waals surface area (Å²) in [5.41, 5.74) is 7.45. The summed E-state index contributed by atoms with van der Waals surface area (Å²) in [4.78, 5) is 28.3. The fourth-order valence-electron chi connectivity index (χ4n) is 2.47. The molecule has 5 N–H and O–H groups in total. The average molecular weight is 354 g/mol. The van der Waals surface area contributed by atoms with Crippen LogP contribution in [0.5, 0.6) is 0 Å². The zero-order chi connectivity index (χ0) is 19.3. The highest BCUT2D eigenvalue weighted by molar-refractivity contribution is 6.07. The first-order valence-corrected chi connectivity index (χ1v) is 8.10. The van der Waals surface area contributed by atoms with Gasteiger partial charge in [-0.05, 0) is 38.1 Å². The van der Waals surface area contributed by atoms with Crippen molar-refractivity contribution >= 4 is 34.5 Å². The van der Waals surface area contributed by atoms with Crippen molar-refractivity contribution in [2.75, 3.05) is 11.9 Å². The van der Waals surface area contributed by atoms with Gasteiger partial charge in [0.25, 0.3) is 5.91 Å². The molecule has 0 atom stereocenters. The van der Waals surface area contributed by atoms with Gasteiger partial charge in [-0.3, -0.25) is 14.9 Å². The van der Waals surface area contributed by atoms with Crippen LogP contribution in [-0.2, 0) is 11.3 Å². The van der Waals surface area contributed by atoms with Crippen LogP contribution >= 0.6 is 0 Å². The molecule has 0 saturated carbocycles. The molecule has 0 fully saturated rings. The summed E-state index contributed by atoms with van der Waals surface area (Å²) in [6.45, 7) is 8.13. The zero-order valence-electron chi connectivity index (χ0n) is 14.8. The highest BCUT2D eigenvalue weighted by Crippen LogP contribution is 2.21. The third-order valence-corrected chi connectivity index (χ3v) is 3.54. The molecule has 136 valence electrons. The molecular formula is C18H22N6O2. The standard InChI is InChI=1S/C18H22N6O2/c1-4-8-24-15-7-6-12(16(20)25)10-13(15)22-18(24)23-17(26)14(21-5-2)9-11(3)19/h4,6-7,9-10,19,21H,1,5,8H2,2-3H3,(H2,20,25)(H,22,23,26)/b14-9-,19-11?. The molecule has 0 radical (unpaired) electrons. The molecule has 8 nitrogen and oxygen atoms in total. The number of anilines is 1. The number of benzene rings is 1. The van der Waals surface area contributed by atoms with Crippen LogP contribution in [0.2, 0.25) is 0 Å². The number of amides is 2. The third kappa shape index (κ3) is 4.15. The molecule has 0 saturated heterocycles. The van der Waals surface area contributed by atoms with Gasteiger partial charge in [-0.15, -0.1) is 6.58 Å². The van der Waals surface area contributed by atoms with E-state index < -0.39 is 11.8 Å². The van der Waals surface area contributed by atoms with Gasteiger partial charge in [-0.25, -0.2) is 4.98 Å². The second kappa shape index (κ2) is 8.11. The predicted octanol–water partition coefficient (Wildman–Crippen LogP) is 1.79. The van der Waals surface area contributed by atoms with Crippen molar-refractivity contribution in [2.45, 2.75) is 20.4 Å². The molecule has 1 heterocycles. The van der Waals surface area contributed by atoms with Crippen molar-refractivity contribution in [3.8, 4) is 0 Å². The highest BCUT2D eigenvalue weighted by Gasteiger charge is 2.16. The first kappa shape index (κ1) is 18.9. The molecule has 0 unspecified atom stereocenters. The van der Waals surface area contributed by atoms with Gasteiger partial charge in [0.15, 0.2) is 0 Å². The van der Waals surface area contributed by atoms with Crippen molar-refractivity contribution in [3.05, 3.63) is 48.2 Å². The Kier molecular flexibility index (Phi) is 5.90. The quantitative estimate of drug-likeness (QED) is 0.327. The topological polar surface area (TPSA) is 126 Å². The molecule has 0 spiro atoms. The Hall–Kier alpha value is -3.42. The fourth-order valence-corrected chi connectivity index (χ4v) is 2.47. The van der Waals surface area contributed by atoms with Gasteiger partial charge in [-0.2, -0.15) is 0 Å². The lowest BCUT2D eigenvalue weighted by molar-refractivity contribution is -0.113. The molecule has 1 aromatic heterocycles. The van der Waals surface area contributed by atoms with Crippen LogP contribution in [0, 0.1) is 5.41 Å².